The van der Waals surface area contributed by atoms with Gasteiger partial charge in [-0.2, -0.15) is 0 Å². The number of H-pyrrole nitrogens is 1. The average Bonchev–Trinajstić information content (AvgIpc) is 2.87. The van der Waals surface area contributed by atoms with E-state index < -0.39 is 0 Å². The Balaban J connectivity index is 2.14. The molecule has 2 heterocycles. The highest BCUT2D eigenvalue weighted by Gasteiger charge is 2.12. The van der Waals surface area contributed by atoms with Crippen LogP contribution in [0.2, 0.25) is 0 Å². The minimum Gasteiger partial charge on any atom is -0.369 e. The zero-order chi connectivity index (χ0) is 13.6. The van der Waals surface area contributed by atoms with Crippen LogP contribution in [0.5, 0.6) is 0 Å². The number of fused-ring (bicyclic) bond motifs is 1. The number of nitrogens with zero attached hydrogens (tertiary/aromatic N) is 2. The van der Waals surface area contributed by atoms with Crippen LogP contribution in [0.4, 0.5) is 10.3 Å². The van der Waals surface area contributed by atoms with Crippen molar-refractivity contribution in [3.63, 3.8) is 0 Å². The molecule has 0 aliphatic rings. The lowest BCUT2D eigenvalue weighted by Gasteiger charge is -2.04. The molecule has 0 bridgehead atoms. The monoisotopic (exact) mass is 342 g/mol. The van der Waals surface area contributed by atoms with Gasteiger partial charge in [0.25, 0.3) is 0 Å². The van der Waals surface area contributed by atoms with Gasteiger partial charge in [-0.3, -0.25) is 4.79 Å². The SMILES string of the molecule is Nc1nc2cc(F)c(Br)cc2n1Cc1csc(=O)[nH]1. The molecule has 0 saturated heterocycles. The van der Waals surface area contributed by atoms with E-state index in [0.717, 1.165) is 17.0 Å². The fourth-order valence-electron chi connectivity index (χ4n) is 1.87. The largest absolute Gasteiger partial charge is 0.369 e. The molecule has 5 nitrogen and oxygen atoms in total. The highest BCUT2D eigenvalue weighted by molar-refractivity contribution is 9.10. The van der Waals surface area contributed by atoms with Gasteiger partial charge in [0.1, 0.15) is 5.82 Å². The molecule has 0 unspecified atom stereocenters. The predicted octanol–water partition coefficient (Wildman–Crippen LogP) is 2.32. The van der Waals surface area contributed by atoms with Crippen LogP contribution in [-0.4, -0.2) is 14.5 Å². The first-order valence-electron chi connectivity index (χ1n) is 5.32. The van der Waals surface area contributed by atoms with Crippen molar-refractivity contribution in [2.75, 3.05) is 5.73 Å². The van der Waals surface area contributed by atoms with E-state index in [-0.39, 0.29) is 16.6 Å². The molecule has 0 radical (unpaired) electrons. The molecule has 0 atom stereocenters. The number of aromatic amines is 1. The Labute approximate surface area is 119 Å². The Morgan fingerprint density at radius 1 is 1.53 bits per heavy atom. The van der Waals surface area contributed by atoms with E-state index in [1.54, 1.807) is 16.0 Å². The summed E-state index contributed by atoms with van der Waals surface area (Å²) in [4.78, 5) is 17.8. The van der Waals surface area contributed by atoms with E-state index in [2.05, 4.69) is 25.9 Å². The molecule has 2 aromatic heterocycles. The fraction of sp³-hybridized carbons (Fsp3) is 0.0909. The smallest absolute Gasteiger partial charge is 0.304 e. The van der Waals surface area contributed by atoms with Crippen molar-refractivity contribution in [2.45, 2.75) is 6.54 Å². The third kappa shape index (κ3) is 2.17. The molecule has 0 fully saturated rings. The Morgan fingerprint density at radius 2 is 2.32 bits per heavy atom. The number of nitrogen functional groups attached to an aromatic ring is 1. The number of hydrogen-bond acceptors (Lipinski definition) is 4. The summed E-state index contributed by atoms with van der Waals surface area (Å²) in [5.41, 5.74) is 7.76. The average molecular weight is 343 g/mol. The number of nitrogens with one attached hydrogen (secondary N) is 1. The molecule has 0 saturated carbocycles. The quantitative estimate of drug-likeness (QED) is 0.750. The van der Waals surface area contributed by atoms with E-state index in [9.17, 15) is 9.18 Å². The van der Waals surface area contributed by atoms with E-state index in [4.69, 9.17) is 5.73 Å². The first-order chi connectivity index (χ1) is 9.04. The van der Waals surface area contributed by atoms with Crippen LogP contribution >= 0.6 is 27.3 Å². The molecule has 8 heteroatoms. The molecular formula is C11H8BrFN4OS. The van der Waals surface area contributed by atoms with Crippen molar-refractivity contribution in [3.05, 3.63) is 43.2 Å². The normalized spacial score (nSPS) is 11.3. The number of hydrogen-bond donors (Lipinski definition) is 2. The number of imidazole rings is 1. The van der Waals surface area contributed by atoms with Gasteiger partial charge in [-0.05, 0) is 22.0 Å². The standard InChI is InChI=1S/C11H8BrFN4OS/c12-6-1-9-8(2-7(6)13)16-10(14)17(9)3-5-4-19-11(18)15-5/h1-2,4H,3H2,(H2,14,16)(H,15,18). The first kappa shape index (κ1) is 12.4. The Hall–Kier alpha value is -1.67. The van der Waals surface area contributed by atoms with E-state index in [1.807, 2.05) is 0 Å². The number of anilines is 1. The summed E-state index contributed by atoms with van der Waals surface area (Å²) < 4.78 is 15.5. The summed E-state index contributed by atoms with van der Waals surface area (Å²) in [7, 11) is 0. The second-order valence-corrected chi connectivity index (χ2v) is 5.68. The highest BCUT2D eigenvalue weighted by Crippen LogP contribution is 2.25. The molecule has 0 spiro atoms. The Bertz CT molecular complexity index is 822. The minimum atomic E-state index is -0.388. The third-order valence-corrected chi connectivity index (χ3v) is 4.05. The second kappa shape index (κ2) is 4.46. The maximum atomic E-state index is 13.4. The van der Waals surface area contributed by atoms with Crippen LogP contribution in [0.3, 0.4) is 0 Å². The molecule has 3 rings (SSSR count). The van der Waals surface area contributed by atoms with E-state index >= 15 is 0 Å². The third-order valence-electron chi connectivity index (χ3n) is 2.72. The van der Waals surface area contributed by atoms with Gasteiger partial charge < -0.3 is 15.3 Å². The molecule has 3 aromatic rings. The van der Waals surface area contributed by atoms with Crippen molar-refractivity contribution in [1.82, 2.24) is 14.5 Å². The van der Waals surface area contributed by atoms with Crippen LogP contribution in [0.15, 0.2) is 26.8 Å². The van der Waals surface area contributed by atoms with Gasteiger partial charge in [-0.1, -0.05) is 11.3 Å². The van der Waals surface area contributed by atoms with Crippen LogP contribution in [-0.2, 0) is 6.54 Å². The molecular weight excluding hydrogens is 335 g/mol. The van der Waals surface area contributed by atoms with Gasteiger partial charge in [0.05, 0.1) is 22.1 Å². The van der Waals surface area contributed by atoms with Crippen molar-refractivity contribution < 1.29 is 4.39 Å². The number of benzene rings is 1. The maximum Gasteiger partial charge on any atom is 0.304 e. The summed E-state index contributed by atoms with van der Waals surface area (Å²) in [5, 5.41) is 1.73. The van der Waals surface area contributed by atoms with Gasteiger partial charge >= 0.3 is 4.87 Å². The zero-order valence-electron chi connectivity index (χ0n) is 9.48. The summed E-state index contributed by atoms with van der Waals surface area (Å²) >= 11 is 4.22. The topological polar surface area (TPSA) is 76.7 Å². The molecule has 0 amide bonds. The van der Waals surface area contributed by atoms with Crippen molar-refractivity contribution >= 4 is 44.2 Å². The van der Waals surface area contributed by atoms with Gasteiger partial charge in [-0.15, -0.1) is 0 Å². The number of thiazole rings is 1. The maximum absolute atomic E-state index is 13.4. The van der Waals surface area contributed by atoms with Crippen LogP contribution in [0.1, 0.15) is 5.69 Å². The predicted molar refractivity (Wildman–Crippen MR) is 75.8 cm³/mol. The molecule has 1 aromatic carbocycles. The van der Waals surface area contributed by atoms with Crippen LogP contribution in [0.25, 0.3) is 11.0 Å². The van der Waals surface area contributed by atoms with E-state index in [0.29, 0.717) is 22.1 Å². The lowest BCUT2D eigenvalue weighted by molar-refractivity contribution is 0.622. The van der Waals surface area contributed by atoms with Crippen LogP contribution in [0, 0.1) is 5.82 Å². The lowest BCUT2D eigenvalue weighted by Crippen LogP contribution is -2.06. The lowest BCUT2D eigenvalue weighted by atomic mass is 10.3. The molecule has 3 N–H and O–H groups in total. The molecule has 0 aliphatic carbocycles. The molecule has 0 aliphatic heterocycles. The van der Waals surface area contributed by atoms with Gasteiger partial charge in [-0.25, -0.2) is 9.37 Å². The second-order valence-electron chi connectivity index (χ2n) is 3.98. The summed E-state index contributed by atoms with van der Waals surface area (Å²) in [6.07, 6.45) is 0. The minimum absolute atomic E-state index is 0.120. The Morgan fingerprint density at radius 3 is 3.00 bits per heavy atom. The van der Waals surface area contributed by atoms with Crippen molar-refractivity contribution in [1.29, 1.82) is 0 Å². The summed E-state index contributed by atoms with van der Waals surface area (Å²) in [6, 6.07) is 2.95. The summed E-state index contributed by atoms with van der Waals surface area (Å²) in [6.45, 7) is 0.388. The van der Waals surface area contributed by atoms with Gasteiger partial charge in [0.15, 0.2) is 0 Å². The first-order valence-corrected chi connectivity index (χ1v) is 6.99. The zero-order valence-corrected chi connectivity index (χ0v) is 11.9. The van der Waals surface area contributed by atoms with Gasteiger partial charge in [0.2, 0.25) is 5.95 Å². The van der Waals surface area contributed by atoms with E-state index in [1.165, 1.54) is 6.07 Å². The number of aromatic nitrogens is 3. The number of rotatable bonds is 2. The number of halogens is 2. The van der Waals surface area contributed by atoms with Crippen LogP contribution < -0.4 is 10.6 Å². The highest BCUT2D eigenvalue weighted by atomic mass is 79.9. The van der Waals surface area contributed by atoms with Crippen molar-refractivity contribution in [2.24, 2.45) is 0 Å². The summed E-state index contributed by atoms with van der Waals surface area (Å²) in [5.74, 6) is -0.111. The Kier molecular flexibility index (Phi) is 2.90. The molecule has 98 valence electrons. The fourth-order valence-corrected chi connectivity index (χ4v) is 2.77. The molecule has 19 heavy (non-hydrogen) atoms. The number of nitrogens with two attached hydrogens (primary N) is 1. The van der Waals surface area contributed by atoms with Gasteiger partial charge in [0, 0.05) is 17.1 Å². The van der Waals surface area contributed by atoms with Crippen molar-refractivity contribution in [3.8, 4) is 0 Å².